The fourth-order valence-electron chi connectivity index (χ4n) is 1.18. The normalized spacial score (nSPS) is 10.4. The molecule has 0 aromatic heterocycles. The van der Waals surface area contributed by atoms with Gasteiger partial charge in [-0.15, -0.1) is 0 Å². The minimum absolute atomic E-state index is 0.0619. The fourth-order valence-corrected chi connectivity index (χ4v) is 1.18. The van der Waals surface area contributed by atoms with Crippen molar-refractivity contribution in [3.8, 4) is 5.75 Å². The summed E-state index contributed by atoms with van der Waals surface area (Å²) in [5.41, 5.74) is 0.408. The van der Waals surface area contributed by atoms with Crippen LogP contribution in [0.2, 0.25) is 0 Å². The van der Waals surface area contributed by atoms with Crippen molar-refractivity contribution in [1.29, 1.82) is 0 Å². The van der Waals surface area contributed by atoms with Gasteiger partial charge in [0.15, 0.2) is 0 Å². The molecule has 70 valence electrons. The number of para-hydroxylation sites is 1. The summed E-state index contributed by atoms with van der Waals surface area (Å²) in [6.45, 7) is 3.73. The molecule has 0 aliphatic rings. The molecular formula is C10H11O3-. The summed E-state index contributed by atoms with van der Waals surface area (Å²) < 4.78 is 0. The third-order valence-corrected chi connectivity index (χ3v) is 1.90. The molecular weight excluding hydrogens is 168 g/mol. The van der Waals surface area contributed by atoms with Gasteiger partial charge in [-0.05, 0) is 12.0 Å². The topological polar surface area (TPSA) is 60.4 Å². The Hall–Kier alpha value is -1.51. The van der Waals surface area contributed by atoms with Gasteiger partial charge in [0.25, 0.3) is 0 Å². The van der Waals surface area contributed by atoms with Gasteiger partial charge in [-0.2, -0.15) is 0 Å². The number of hydrogen-bond donors (Lipinski definition) is 1. The average molecular weight is 179 g/mol. The van der Waals surface area contributed by atoms with Crippen LogP contribution in [0.5, 0.6) is 5.75 Å². The molecule has 0 unspecified atom stereocenters. The van der Waals surface area contributed by atoms with E-state index in [0.717, 1.165) is 0 Å². The van der Waals surface area contributed by atoms with E-state index in [1.165, 1.54) is 6.07 Å². The Balaban J connectivity index is 3.26. The number of rotatable bonds is 2. The van der Waals surface area contributed by atoms with E-state index >= 15 is 0 Å². The van der Waals surface area contributed by atoms with Gasteiger partial charge in [0, 0.05) is 0 Å². The van der Waals surface area contributed by atoms with E-state index in [9.17, 15) is 9.90 Å². The molecule has 1 aromatic rings. The number of carboxylic acids is 1. The average Bonchev–Trinajstić information content (AvgIpc) is 2.03. The number of carboxylic acid groups (broad SMARTS) is 1. The largest absolute Gasteiger partial charge is 0.872 e. The highest BCUT2D eigenvalue weighted by Crippen LogP contribution is 2.26. The standard InChI is InChI=1S/C10H12O3/c1-6(2)7-4-3-5-8(9(7)11)10(12)13/h3-6,11H,1-2H3,(H,12,13)/p-1. The molecule has 0 radical (unpaired) electrons. The zero-order valence-electron chi connectivity index (χ0n) is 7.57. The van der Waals surface area contributed by atoms with Crippen molar-refractivity contribution in [2.24, 2.45) is 0 Å². The first-order chi connectivity index (χ1) is 6.04. The second kappa shape index (κ2) is 3.47. The van der Waals surface area contributed by atoms with E-state index in [1.54, 1.807) is 12.1 Å². The van der Waals surface area contributed by atoms with E-state index in [-0.39, 0.29) is 17.2 Å². The smallest absolute Gasteiger partial charge is 0.335 e. The predicted molar refractivity (Wildman–Crippen MR) is 46.9 cm³/mol. The van der Waals surface area contributed by atoms with Crippen LogP contribution < -0.4 is 5.11 Å². The maximum absolute atomic E-state index is 11.5. The van der Waals surface area contributed by atoms with Gasteiger partial charge in [0.2, 0.25) is 0 Å². The monoisotopic (exact) mass is 179 g/mol. The minimum atomic E-state index is -1.16. The van der Waals surface area contributed by atoms with Crippen LogP contribution in [0, 0.1) is 0 Å². The summed E-state index contributed by atoms with van der Waals surface area (Å²) >= 11 is 0. The molecule has 0 heterocycles. The van der Waals surface area contributed by atoms with Crippen molar-refractivity contribution in [2.75, 3.05) is 0 Å². The molecule has 0 amide bonds. The van der Waals surface area contributed by atoms with E-state index in [2.05, 4.69) is 0 Å². The maximum atomic E-state index is 11.5. The van der Waals surface area contributed by atoms with Crippen molar-refractivity contribution in [2.45, 2.75) is 19.8 Å². The lowest BCUT2D eigenvalue weighted by atomic mass is 9.99. The van der Waals surface area contributed by atoms with Crippen LogP contribution in [0.1, 0.15) is 35.7 Å². The van der Waals surface area contributed by atoms with Crippen molar-refractivity contribution in [3.05, 3.63) is 29.3 Å². The van der Waals surface area contributed by atoms with Gasteiger partial charge in [-0.25, -0.2) is 4.79 Å². The Morgan fingerprint density at radius 2 is 2.08 bits per heavy atom. The van der Waals surface area contributed by atoms with E-state index < -0.39 is 5.97 Å². The first-order valence-corrected chi connectivity index (χ1v) is 4.07. The molecule has 3 heteroatoms. The van der Waals surface area contributed by atoms with Gasteiger partial charge >= 0.3 is 5.97 Å². The second-order valence-corrected chi connectivity index (χ2v) is 3.18. The molecule has 0 spiro atoms. The first kappa shape index (κ1) is 9.58. The summed E-state index contributed by atoms with van der Waals surface area (Å²) in [5.74, 6) is -1.47. The SMILES string of the molecule is CC(C)c1cccc(C(=O)O)c1[O-]. The highest BCUT2D eigenvalue weighted by atomic mass is 16.4. The van der Waals surface area contributed by atoms with Gasteiger partial charge < -0.3 is 10.2 Å². The van der Waals surface area contributed by atoms with Crippen LogP contribution in [0.15, 0.2) is 18.2 Å². The lowest BCUT2D eigenvalue weighted by molar-refractivity contribution is -0.270. The molecule has 0 aliphatic carbocycles. The Bertz CT molecular complexity index is 329. The van der Waals surface area contributed by atoms with Crippen LogP contribution in [0.25, 0.3) is 0 Å². The van der Waals surface area contributed by atoms with Gasteiger partial charge in [-0.3, -0.25) is 0 Å². The van der Waals surface area contributed by atoms with Crippen LogP contribution in [-0.2, 0) is 0 Å². The zero-order valence-corrected chi connectivity index (χ0v) is 7.57. The maximum Gasteiger partial charge on any atom is 0.335 e. The highest BCUT2D eigenvalue weighted by Gasteiger charge is 2.07. The fraction of sp³-hybridized carbons (Fsp3) is 0.300. The molecule has 0 atom stereocenters. The van der Waals surface area contributed by atoms with Crippen molar-refractivity contribution in [3.63, 3.8) is 0 Å². The molecule has 0 aliphatic heterocycles. The third-order valence-electron chi connectivity index (χ3n) is 1.90. The molecule has 3 nitrogen and oxygen atoms in total. The summed E-state index contributed by atoms with van der Waals surface area (Å²) in [6, 6.07) is 4.59. The Morgan fingerprint density at radius 1 is 1.46 bits per heavy atom. The van der Waals surface area contributed by atoms with Gasteiger partial charge in [-0.1, -0.05) is 37.3 Å². The predicted octanol–water partition coefficient (Wildman–Crippen LogP) is 1.58. The molecule has 0 fully saturated rings. The van der Waals surface area contributed by atoms with Gasteiger partial charge in [0.1, 0.15) is 0 Å². The van der Waals surface area contributed by atoms with Crippen molar-refractivity contribution in [1.82, 2.24) is 0 Å². The molecule has 1 N–H and O–H groups in total. The highest BCUT2D eigenvalue weighted by molar-refractivity contribution is 5.91. The molecule has 13 heavy (non-hydrogen) atoms. The lowest BCUT2D eigenvalue weighted by Gasteiger charge is -2.18. The molecule has 1 rings (SSSR count). The Labute approximate surface area is 76.6 Å². The second-order valence-electron chi connectivity index (χ2n) is 3.18. The quantitative estimate of drug-likeness (QED) is 0.749. The van der Waals surface area contributed by atoms with Crippen molar-refractivity contribution < 1.29 is 15.0 Å². The summed E-state index contributed by atoms with van der Waals surface area (Å²) in [5, 5.41) is 20.1. The van der Waals surface area contributed by atoms with E-state index in [4.69, 9.17) is 5.11 Å². The zero-order chi connectivity index (χ0) is 10.0. The molecule has 0 bridgehead atoms. The first-order valence-electron chi connectivity index (χ1n) is 4.07. The van der Waals surface area contributed by atoms with Gasteiger partial charge in [0.05, 0.1) is 5.56 Å². The third kappa shape index (κ3) is 1.80. The van der Waals surface area contributed by atoms with E-state index in [0.29, 0.717) is 5.56 Å². The summed E-state index contributed by atoms with van der Waals surface area (Å²) in [6.07, 6.45) is 0. The Morgan fingerprint density at radius 3 is 2.54 bits per heavy atom. The number of carbonyl (C=O) groups is 1. The lowest BCUT2D eigenvalue weighted by Crippen LogP contribution is -2.07. The van der Waals surface area contributed by atoms with Crippen LogP contribution in [0.3, 0.4) is 0 Å². The van der Waals surface area contributed by atoms with Crippen LogP contribution >= 0.6 is 0 Å². The van der Waals surface area contributed by atoms with Crippen molar-refractivity contribution >= 4 is 5.97 Å². The number of benzene rings is 1. The number of aromatic carboxylic acids is 1. The number of hydrogen-bond acceptors (Lipinski definition) is 2. The summed E-state index contributed by atoms with van der Waals surface area (Å²) in [4.78, 5) is 10.6. The molecule has 1 aromatic carbocycles. The minimum Gasteiger partial charge on any atom is -0.872 e. The Kier molecular flexibility index (Phi) is 2.56. The molecule has 0 saturated carbocycles. The molecule has 0 saturated heterocycles. The van der Waals surface area contributed by atoms with Crippen LogP contribution in [0.4, 0.5) is 0 Å². The summed E-state index contributed by atoms with van der Waals surface area (Å²) in [7, 11) is 0. The van der Waals surface area contributed by atoms with E-state index in [1.807, 2.05) is 13.8 Å². The van der Waals surface area contributed by atoms with Crippen LogP contribution in [-0.4, -0.2) is 11.1 Å².